The van der Waals surface area contributed by atoms with Gasteiger partial charge in [0.2, 0.25) is 0 Å². The van der Waals surface area contributed by atoms with Gasteiger partial charge in [-0.2, -0.15) is 0 Å². The van der Waals surface area contributed by atoms with Crippen molar-refractivity contribution < 1.29 is 9.13 Å². The molecule has 2 nitrogen and oxygen atoms in total. The number of nitrogens with one attached hydrogen (secondary N) is 1. The van der Waals surface area contributed by atoms with E-state index in [2.05, 4.69) is 19.2 Å². The lowest BCUT2D eigenvalue weighted by atomic mass is 9.96. The van der Waals surface area contributed by atoms with Crippen LogP contribution >= 0.6 is 0 Å². The molecule has 1 aromatic carbocycles. The molecule has 3 heteroatoms. The molecule has 108 valence electrons. The maximum atomic E-state index is 13.6. The second-order valence-electron chi connectivity index (χ2n) is 4.88. The fourth-order valence-electron chi connectivity index (χ4n) is 2.47. The SMILES string of the molecule is CCCC(OCC)C(NCC)c1cc(C)cc(F)c1. The summed E-state index contributed by atoms with van der Waals surface area (Å²) in [6.45, 7) is 9.65. The number of likely N-dealkylation sites (N-methyl/N-ethyl adjacent to an activating group) is 1. The Labute approximate surface area is 116 Å². The third kappa shape index (κ3) is 4.92. The van der Waals surface area contributed by atoms with Crippen molar-refractivity contribution in [2.75, 3.05) is 13.2 Å². The number of ether oxygens (including phenoxy) is 1. The van der Waals surface area contributed by atoms with Crippen molar-refractivity contribution in [1.82, 2.24) is 5.32 Å². The van der Waals surface area contributed by atoms with E-state index in [4.69, 9.17) is 4.74 Å². The quantitative estimate of drug-likeness (QED) is 0.769. The van der Waals surface area contributed by atoms with Gasteiger partial charge in [-0.15, -0.1) is 0 Å². The number of benzene rings is 1. The van der Waals surface area contributed by atoms with Crippen LogP contribution in [0.25, 0.3) is 0 Å². The second-order valence-corrected chi connectivity index (χ2v) is 4.88. The van der Waals surface area contributed by atoms with E-state index in [0.717, 1.165) is 30.5 Å². The molecule has 0 amide bonds. The van der Waals surface area contributed by atoms with E-state index < -0.39 is 0 Å². The molecule has 2 atom stereocenters. The molecule has 0 aliphatic heterocycles. The molecule has 19 heavy (non-hydrogen) atoms. The normalized spacial score (nSPS) is 14.4. The van der Waals surface area contributed by atoms with Gasteiger partial charge in [-0.05, 0) is 50.1 Å². The maximum Gasteiger partial charge on any atom is 0.123 e. The molecule has 0 saturated heterocycles. The van der Waals surface area contributed by atoms with Crippen molar-refractivity contribution in [2.45, 2.75) is 52.7 Å². The van der Waals surface area contributed by atoms with Crippen LogP contribution in [0, 0.1) is 12.7 Å². The molecule has 0 bridgehead atoms. The van der Waals surface area contributed by atoms with Crippen molar-refractivity contribution >= 4 is 0 Å². The zero-order chi connectivity index (χ0) is 14.3. The van der Waals surface area contributed by atoms with Crippen LogP contribution in [0.5, 0.6) is 0 Å². The predicted octanol–water partition coefficient (Wildman–Crippen LogP) is 3.99. The molecule has 0 radical (unpaired) electrons. The topological polar surface area (TPSA) is 21.3 Å². The average Bonchev–Trinajstić information content (AvgIpc) is 2.34. The lowest BCUT2D eigenvalue weighted by molar-refractivity contribution is 0.0279. The fourth-order valence-corrected chi connectivity index (χ4v) is 2.47. The molecule has 0 fully saturated rings. The van der Waals surface area contributed by atoms with E-state index in [-0.39, 0.29) is 18.0 Å². The van der Waals surface area contributed by atoms with Crippen molar-refractivity contribution in [3.8, 4) is 0 Å². The summed E-state index contributed by atoms with van der Waals surface area (Å²) in [5.74, 6) is -0.176. The summed E-state index contributed by atoms with van der Waals surface area (Å²) in [6, 6.07) is 5.27. The third-order valence-electron chi connectivity index (χ3n) is 3.17. The van der Waals surface area contributed by atoms with Gasteiger partial charge in [0.25, 0.3) is 0 Å². The van der Waals surface area contributed by atoms with Crippen LogP contribution < -0.4 is 5.32 Å². The predicted molar refractivity (Wildman–Crippen MR) is 77.9 cm³/mol. The molecule has 2 unspecified atom stereocenters. The van der Waals surface area contributed by atoms with E-state index in [0.29, 0.717) is 6.61 Å². The van der Waals surface area contributed by atoms with Crippen LogP contribution in [0.15, 0.2) is 18.2 Å². The molecule has 0 saturated carbocycles. The van der Waals surface area contributed by atoms with Crippen LogP contribution in [0.2, 0.25) is 0 Å². The van der Waals surface area contributed by atoms with Crippen molar-refractivity contribution in [1.29, 1.82) is 0 Å². The Hall–Kier alpha value is -0.930. The van der Waals surface area contributed by atoms with Crippen LogP contribution in [0.1, 0.15) is 50.8 Å². The summed E-state index contributed by atoms with van der Waals surface area (Å²) in [6.07, 6.45) is 2.12. The highest BCUT2D eigenvalue weighted by Gasteiger charge is 2.22. The van der Waals surface area contributed by atoms with Gasteiger partial charge in [-0.25, -0.2) is 4.39 Å². The standard InChI is InChI=1S/C16H26FNO/c1-5-8-15(19-7-3)16(18-6-2)13-9-12(4)10-14(17)11-13/h9-11,15-16,18H,5-8H2,1-4H3. The van der Waals surface area contributed by atoms with Crippen molar-refractivity contribution in [3.63, 3.8) is 0 Å². The molecule has 0 heterocycles. The van der Waals surface area contributed by atoms with E-state index >= 15 is 0 Å². The highest BCUT2D eigenvalue weighted by atomic mass is 19.1. The Balaban J connectivity index is 3.01. The first-order valence-electron chi connectivity index (χ1n) is 7.24. The monoisotopic (exact) mass is 267 g/mol. The van der Waals surface area contributed by atoms with Crippen LogP contribution in [0.4, 0.5) is 4.39 Å². The first-order valence-corrected chi connectivity index (χ1v) is 7.24. The Morgan fingerprint density at radius 3 is 2.47 bits per heavy atom. The zero-order valence-electron chi connectivity index (χ0n) is 12.5. The Morgan fingerprint density at radius 2 is 1.95 bits per heavy atom. The number of hydrogen-bond donors (Lipinski definition) is 1. The molecule has 1 N–H and O–H groups in total. The van der Waals surface area contributed by atoms with E-state index in [1.165, 1.54) is 0 Å². The summed E-state index contributed by atoms with van der Waals surface area (Å²) in [4.78, 5) is 0. The van der Waals surface area contributed by atoms with Gasteiger partial charge in [-0.3, -0.25) is 0 Å². The maximum absolute atomic E-state index is 13.6. The lowest BCUT2D eigenvalue weighted by Crippen LogP contribution is -2.34. The van der Waals surface area contributed by atoms with E-state index in [1.54, 1.807) is 12.1 Å². The zero-order valence-corrected chi connectivity index (χ0v) is 12.5. The number of aryl methyl sites for hydroxylation is 1. The largest absolute Gasteiger partial charge is 0.377 e. The highest BCUT2D eigenvalue weighted by molar-refractivity contribution is 5.27. The summed E-state index contributed by atoms with van der Waals surface area (Å²) in [7, 11) is 0. The first-order chi connectivity index (χ1) is 9.12. The van der Waals surface area contributed by atoms with Crippen molar-refractivity contribution in [2.24, 2.45) is 0 Å². The summed E-state index contributed by atoms with van der Waals surface area (Å²) in [5.41, 5.74) is 1.93. The Morgan fingerprint density at radius 1 is 1.21 bits per heavy atom. The molecule has 0 spiro atoms. The smallest absolute Gasteiger partial charge is 0.123 e. The summed E-state index contributed by atoms with van der Waals surface area (Å²) in [5, 5.41) is 3.43. The minimum atomic E-state index is -0.176. The van der Waals surface area contributed by atoms with E-state index in [1.807, 2.05) is 19.9 Å². The van der Waals surface area contributed by atoms with Crippen LogP contribution in [-0.4, -0.2) is 19.3 Å². The summed E-state index contributed by atoms with van der Waals surface area (Å²) >= 11 is 0. The van der Waals surface area contributed by atoms with E-state index in [9.17, 15) is 4.39 Å². The Kier molecular flexibility index (Phi) is 7.03. The second kappa shape index (κ2) is 8.28. The van der Waals surface area contributed by atoms with Crippen molar-refractivity contribution in [3.05, 3.63) is 35.1 Å². The fraction of sp³-hybridized carbons (Fsp3) is 0.625. The number of hydrogen-bond acceptors (Lipinski definition) is 2. The molecule has 1 rings (SSSR count). The molecular weight excluding hydrogens is 241 g/mol. The number of halogens is 1. The number of rotatable bonds is 8. The van der Waals surface area contributed by atoms with Crippen LogP contribution in [0.3, 0.4) is 0 Å². The first kappa shape index (κ1) is 16.1. The van der Waals surface area contributed by atoms with Gasteiger partial charge >= 0.3 is 0 Å². The molecule has 0 aromatic heterocycles. The van der Waals surface area contributed by atoms with Gasteiger partial charge in [0.15, 0.2) is 0 Å². The minimum absolute atomic E-state index is 0.0549. The minimum Gasteiger partial charge on any atom is -0.377 e. The molecule has 0 aliphatic rings. The van der Waals surface area contributed by atoms with Gasteiger partial charge in [0.1, 0.15) is 5.82 Å². The average molecular weight is 267 g/mol. The van der Waals surface area contributed by atoms with Gasteiger partial charge < -0.3 is 10.1 Å². The summed E-state index contributed by atoms with van der Waals surface area (Å²) < 4.78 is 19.4. The van der Waals surface area contributed by atoms with Gasteiger partial charge in [0, 0.05) is 6.61 Å². The molecule has 1 aromatic rings. The Bertz CT molecular complexity index is 355. The van der Waals surface area contributed by atoms with Gasteiger partial charge in [-0.1, -0.05) is 26.3 Å². The molecule has 0 aliphatic carbocycles. The third-order valence-corrected chi connectivity index (χ3v) is 3.17. The molecular formula is C16H26FNO. The lowest BCUT2D eigenvalue weighted by Gasteiger charge is -2.28. The van der Waals surface area contributed by atoms with Gasteiger partial charge in [0.05, 0.1) is 12.1 Å². The highest BCUT2D eigenvalue weighted by Crippen LogP contribution is 2.24. The van der Waals surface area contributed by atoms with Crippen LogP contribution in [-0.2, 0) is 4.74 Å².